The van der Waals surface area contributed by atoms with E-state index in [4.69, 9.17) is 16.3 Å². The van der Waals surface area contributed by atoms with E-state index in [-0.39, 0.29) is 24.4 Å². The van der Waals surface area contributed by atoms with Crippen molar-refractivity contribution in [1.82, 2.24) is 5.32 Å². The molecule has 0 spiro atoms. The van der Waals surface area contributed by atoms with Gasteiger partial charge in [-0.25, -0.2) is 4.79 Å². The number of carbonyl (C=O) groups is 2. The number of alkyl halides is 1. The second-order valence-electron chi connectivity index (χ2n) is 5.33. The molecular weight excluding hydrogens is 258 g/mol. The molecule has 0 heterocycles. The fourth-order valence-electron chi connectivity index (χ4n) is 1.21. The van der Waals surface area contributed by atoms with Crippen molar-refractivity contribution in [2.45, 2.75) is 52.7 Å². The van der Waals surface area contributed by atoms with Crippen molar-refractivity contribution in [3.63, 3.8) is 0 Å². The summed E-state index contributed by atoms with van der Waals surface area (Å²) in [6.07, 6.45) is -0.469. The van der Waals surface area contributed by atoms with Crippen LogP contribution in [0.3, 0.4) is 0 Å². The minimum atomic E-state index is -0.567. The second kappa shape index (κ2) is 7.46. The van der Waals surface area contributed by atoms with Gasteiger partial charge >= 0.3 is 12.1 Å². The lowest BCUT2D eigenvalue weighted by Gasteiger charge is -2.25. The van der Waals surface area contributed by atoms with Crippen LogP contribution in [0.5, 0.6) is 0 Å². The maximum Gasteiger partial charge on any atom is 0.407 e. The first-order valence-corrected chi connectivity index (χ1v) is 6.40. The zero-order valence-corrected chi connectivity index (χ0v) is 12.3. The molecule has 6 heteroatoms. The van der Waals surface area contributed by atoms with E-state index in [1.54, 1.807) is 20.8 Å². The Hall–Kier alpha value is -0.970. The third-order valence-electron chi connectivity index (χ3n) is 2.11. The number of amides is 1. The average molecular weight is 280 g/mol. The van der Waals surface area contributed by atoms with E-state index in [2.05, 4.69) is 10.1 Å². The largest absolute Gasteiger partial charge is 0.449 e. The van der Waals surface area contributed by atoms with Gasteiger partial charge in [-0.15, -0.1) is 0 Å². The van der Waals surface area contributed by atoms with Crippen LogP contribution >= 0.6 is 11.6 Å². The summed E-state index contributed by atoms with van der Waals surface area (Å²) in [7, 11) is 0. The molecule has 1 unspecified atom stereocenters. The van der Waals surface area contributed by atoms with Gasteiger partial charge in [0, 0.05) is 6.04 Å². The Labute approximate surface area is 113 Å². The first-order chi connectivity index (χ1) is 8.15. The Morgan fingerprint density at radius 1 is 1.28 bits per heavy atom. The Kier molecular flexibility index (Phi) is 7.06. The summed E-state index contributed by atoms with van der Waals surface area (Å²) >= 11 is 5.30. The van der Waals surface area contributed by atoms with Gasteiger partial charge in [0.15, 0.2) is 6.07 Å². The molecule has 18 heavy (non-hydrogen) atoms. The highest BCUT2D eigenvalue weighted by Crippen LogP contribution is 2.11. The number of ether oxygens (including phenoxy) is 2. The standard InChI is InChI=1S/C12H22ClNO4/c1-8(2)9(6-10(15)17-7-13)14-11(16)18-12(3,4)5/h8-9H,6-7H2,1-5H3,(H,14,16). The fraction of sp³-hybridized carbons (Fsp3) is 0.833. The third kappa shape index (κ3) is 8.17. The van der Waals surface area contributed by atoms with Crippen molar-refractivity contribution in [3.05, 3.63) is 0 Å². The van der Waals surface area contributed by atoms with Crippen molar-refractivity contribution >= 4 is 23.7 Å². The number of alkyl carbamates (subject to hydrolysis) is 1. The molecule has 0 saturated heterocycles. The third-order valence-corrected chi connectivity index (χ3v) is 2.22. The zero-order valence-electron chi connectivity index (χ0n) is 11.6. The molecule has 0 fully saturated rings. The molecule has 0 aliphatic heterocycles. The van der Waals surface area contributed by atoms with E-state index in [1.165, 1.54) is 0 Å². The molecule has 0 radical (unpaired) electrons. The predicted octanol–water partition coefficient (Wildman–Crippen LogP) is 2.67. The van der Waals surface area contributed by atoms with Gasteiger partial charge in [-0.1, -0.05) is 25.4 Å². The summed E-state index contributed by atoms with van der Waals surface area (Å²) in [5, 5.41) is 2.66. The molecule has 0 aromatic carbocycles. The summed E-state index contributed by atoms with van der Waals surface area (Å²) in [5.74, 6) is -0.361. The Morgan fingerprint density at radius 2 is 1.83 bits per heavy atom. The topological polar surface area (TPSA) is 64.6 Å². The van der Waals surface area contributed by atoms with Crippen LogP contribution in [0.2, 0.25) is 0 Å². The van der Waals surface area contributed by atoms with Crippen molar-refractivity contribution in [3.8, 4) is 0 Å². The number of carbonyl (C=O) groups excluding carboxylic acids is 2. The lowest BCUT2D eigenvalue weighted by Crippen LogP contribution is -2.43. The number of nitrogens with one attached hydrogen (secondary N) is 1. The maximum absolute atomic E-state index is 11.6. The maximum atomic E-state index is 11.6. The van der Waals surface area contributed by atoms with Crippen molar-refractivity contribution in [2.75, 3.05) is 6.07 Å². The van der Waals surface area contributed by atoms with Crippen LogP contribution in [0, 0.1) is 5.92 Å². The summed E-state index contributed by atoms with van der Waals surface area (Å²) in [4.78, 5) is 22.9. The van der Waals surface area contributed by atoms with Crippen LogP contribution < -0.4 is 5.32 Å². The van der Waals surface area contributed by atoms with Crippen LogP contribution in [-0.2, 0) is 14.3 Å². The van der Waals surface area contributed by atoms with E-state index in [1.807, 2.05) is 13.8 Å². The van der Waals surface area contributed by atoms with E-state index >= 15 is 0 Å². The van der Waals surface area contributed by atoms with Crippen LogP contribution in [-0.4, -0.2) is 29.8 Å². The normalized spacial score (nSPS) is 13.1. The second-order valence-corrected chi connectivity index (χ2v) is 5.54. The van der Waals surface area contributed by atoms with Crippen LogP contribution in [0.15, 0.2) is 0 Å². The molecule has 1 amide bonds. The highest BCUT2D eigenvalue weighted by atomic mass is 35.5. The molecule has 0 aromatic rings. The molecule has 0 aromatic heterocycles. The van der Waals surface area contributed by atoms with Gasteiger partial charge in [0.05, 0.1) is 6.42 Å². The monoisotopic (exact) mass is 279 g/mol. The van der Waals surface area contributed by atoms with Gasteiger partial charge in [-0.2, -0.15) is 0 Å². The number of hydrogen-bond acceptors (Lipinski definition) is 4. The molecule has 0 rings (SSSR count). The van der Waals surface area contributed by atoms with Gasteiger partial charge in [-0.05, 0) is 26.7 Å². The first kappa shape index (κ1) is 17.0. The molecule has 0 aliphatic rings. The Balaban J connectivity index is 4.36. The van der Waals surface area contributed by atoms with Gasteiger partial charge in [0.2, 0.25) is 0 Å². The Morgan fingerprint density at radius 3 is 2.22 bits per heavy atom. The number of rotatable bonds is 5. The minimum Gasteiger partial charge on any atom is -0.449 e. The number of hydrogen-bond donors (Lipinski definition) is 1. The lowest BCUT2D eigenvalue weighted by atomic mass is 10.0. The van der Waals surface area contributed by atoms with Gasteiger partial charge in [-0.3, -0.25) is 4.79 Å². The van der Waals surface area contributed by atoms with Crippen LogP contribution in [0.4, 0.5) is 4.79 Å². The van der Waals surface area contributed by atoms with E-state index in [0.29, 0.717) is 0 Å². The Bertz CT molecular complexity index is 286. The lowest BCUT2D eigenvalue weighted by molar-refractivity contribution is -0.142. The fourth-order valence-corrected chi connectivity index (χ4v) is 1.33. The zero-order chi connectivity index (χ0) is 14.3. The summed E-state index contributed by atoms with van der Waals surface area (Å²) < 4.78 is 9.77. The SMILES string of the molecule is CC(C)C(CC(=O)OCCl)NC(=O)OC(C)(C)C. The van der Waals surface area contributed by atoms with Crippen LogP contribution in [0.25, 0.3) is 0 Å². The highest BCUT2D eigenvalue weighted by molar-refractivity contribution is 6.17. The quantitative estimate of drug-likeness (QED) is 0.621. The van der Waals surface area contributed by atoms with Crippen molar-refractivity contribution < 1.29 is 19.1 Å². The molecule has 0 bridgehead atoms. The molecule has 1 N–H and O–H groups in total. The van der Waals surface area contributed by atoms with Gasteiger partial charge < -0.3 is 14.8 Å². The molecule has 0 aliphatic carbocycles. The highest BCUT2D eigenvalue weighted by Gasteiger charge is 2.23. The summed E-state index contributed by atoms with van der Waals surface area (Å²) in [6.45, 7) is 9.13. The molecule has 5 nitrogen and oxygen atoms in total. The molecule has 106 valence electrons. The van der Waals surface area contributed by atoms with Crippen molar-refractivity contribution in [1.29, 1.82) is 0 Å². The number of halogens is 1. The smallest absolute Gasteiger partial charge is 0.407 e. The van der Waals surface area contributed by atoms with E-state index in [0.717, 1.165) is 0 Å². The molecule has 1 atom stereocenters. The van der Waals surface area contributed by atoms with Gasteiger partial charge in [0.25, 0.3) is 0 Å². The van der Waals surface area contributed by atoms with Gasteiger partial charge in [0.1, 0.15) is 5.60 Å². The van der Waals surface area contributed by atoms with E-state index in [9.17, 15) is 9.59 Å². The van der Waals surface area contributed by atoms with E-state index < -0.39 is 17.7 Å². The minimum absolute atomic E-state index is 0.0730. The summed E-state index contributed by atoms with van der Waals surface area (Å²) in [5.41, 5.74) is -0.567. The predicted molar refractivity (Wildman–Crippen MR) is 69.4 cm³/mol. The first-order valence-electron chi connectivity index (χ1n) is 5.87. The molecule has 0 saturated carbocycles. The van der Waals surface area contributed by atoms with Crippen LogP contribution in [0.1, 0.15) is 41.0 Å². The number of esters is 1. The average Bonchev–Trinajstić information content (AvgIpc) is 2.13. The van der Waals surface area contributed by atoms with Crippen molar-refractivity contribution in [2.24, 2.45) is 5.92 Å². The molecular formula is C12H22ClNO4. The summed E-state index contributed by atoms with van der Waals surface area (Å²) in [6, 6.07) is -0.522.